The number of hydrogen-bond acceptors (Lipinski definition) is 5. The van der Waals surface area contributed by atoms with Gasteiger partial charge >= 0.3 is 0 Å². The average molecular weight is 502 g/mol. The average Bonchev–Trinajstić information content (AvgIpc) is 3.33. The number of para-hydroxylation sites is 1. The van der Waals surface area contributed by atoms with Gasteiger partial charge in [0, 0.05) is 36.4 Å². The van der Waals surface area contributed by atoms with Crippen molar-refractivity contribution in [2.24, 2.45) is 5.92 Å². The minimum Gasteiger partial charge on any atom is -0.496 e. The van der Waals surface area contributed by atoms with Crippen molar-refractivity contribution in [2.75, 3.05) is 30.5 Å². The first-order valence-electron chi connectivity index (χ1n) is 12.3. The van der Waals surface area contributed by atoms with Gasteiger partial charge in [0.25, 0.3) is 5.91 Å². The number of carbonyl (C=O) groups is 3. The van der Waals surface area contributed by atoms with Gasteiger partial charge in [-0.05, 0) is 54.4 Å². The third-order valence-corrected chi connectivity index (χ3v) is 6.31. The van der Waals surface area contributed by atoms with Gasteiger partial charge in [-0.1, -0.05) is 37.3 Å². The molecule has 0 saturated carbocycles. The topological polar surface area (TPSA) is 97.0 Å². The summed E-state index contributed by atoms with van der Waals surface area (Å²) in [5.74, 6) is 0.241. The molecule has 0 aromatic heterocycles. The second-order valence-electron chi connectivity index (χ2n) is 8.82. The predicted octanol–water partition coefficient (Wildman–Crippen LogP) is 3.94. The Morgan fingerprint density at radius 1 is 1.00 bits per heavy atom. The predicted molar refractivity (Wildman–Crippen MR) is 142 cm³/mol. The van der Waals surface area contributed by atoms with Crippen LogP contribution in [0, 0.1) is 5.92 Å². The molecule has 0 aliphatic carbocycles. The molecule has 1 heterocycles. The van der Waals surface area contributed by atoms with E-state index in [9.17, 15) is 14.4 Å². The molecule has 1 saturated heterocycles. The van der Waals surface area contributed by atoms with Crippen molar-refractivity contribution < 1.29 is 23.9 Å². The van der Waals surface area contributed by atoms with Crippen LogP contribution < -0.4 is 25.0 Å². The summed E-state index contributed by atoms with van der Waals surface area (Å²) >= 11 is 0. The van der Waals surface area contributed by atoms with Crippen molar-refractivity contribution in [3.63, 3.8) is 0 Å². The molecule has 37 heavy (non-hydrogen) atoms. The maximum atomic E-state index is 12.7. The zero-order chi connectivity index (χ0) is 26.2. The number of hydrogen-bond donors (Lipinski definition) is 2. The SMILES string of the molecule is CCc1ccc(NC(=O)COc2ccc(N3C[C@H](C(=O)NCc4ccccc4OC)CC3=O)cc2)cc1. The van der Waals surface area contributed by atoms with Crippen molar-refractivity contribution in [3.8, 4) is 11.5 Å². The van der Waals surface area contributed by atoms with E-state index in [1.807, 2.05) is 48.5 Å². The van der Waals surface area contributed by atoms with Gasteiger partial charge in [-0.3, -0.25) is 14.4 Å². The molecular formula is C29H31N3O5. The summed E-state index contributed by atoms with van der Waals surface area (Å²) in [5.41, 5.74) is 3.47. The van der Waals surface area contributed by atoms with Crippen LogP contribution in [0.5, 0.6) is 11.5 Å². The fourth-order valence-electron chi connectivity index (χ4n) is 4.20. The number of methoxy groups -OCH3 is 1. The molecule has 8 heteroatoms. The summed E-state index contributed by atoms with van der Waals surface area (Å²) in [4.78, 5) is 39.1. The van der Waals surface area contributed by atoms with E-state index in [1.165, 1.54) is 5.56 Å². The van der Waals surface area contributed by atoms with Gasteiger partial charge in [0.15, 0.2) is 6.61 Å². The van der Waals surface area contributed by atoms with Crippen LogP contribution in [0.4, 0.5) is 11.4 Å². The smallest absolute Gasteiger partial charge is 0.262 e. The van der Waals surface area contributed by atoms with Gasteiger partial charge < -0.3 is 25.0 Å². The number of benzene rings is 3. The first kappa shape index (κ1) is 25.8. The molecule has 192 valence electrons. The van der Waals surface area contributed by atoms with E-state index in [-0.39, 0.29) is 30.7 Å². The summed E-state index contributed by atoms with van der Waals surface area (Å²) in [5, 5.41) is 5.72. The highest BCUT2D eigenvalue weighted by atomic mass is 16.5. The van der Waals surface area contributed by atoms with Crippen molar-refractivity contribution in [1.29, 1.82) is 0 Å². The molecule has 8 nitrogen and oxygen atoms in total. The third kappa shape index (κ3) is 6.67. The first-order chi connectivity index (χ1) is 18.0. The molecule has 1 aliphatic rings. The number of anilines is 2. The molecule has 0 radical (unpaired) electrons. The van der Waals surface area contributed by atoms with Crippen LogP contribution in [0.1, 0.15) is 24.5 Å². The lowest BCUT2D eigenvalue weighted by Gasteiger charge is -2.17. The second-order valence-corrected chi connectivity index (χ2v) is 8.82. The molecule has 3 aromatic carbocycles. The van der Waals surface area contributed by atoms with Gasteiger partial charge in [0.2, 0.25) is 11.8 Å². The molecule has 4 rings (SSSR count). The third-order valence-electron chi connectivity index (χ3n) is 6.31. The van der Waals surface area contributed by atoms with Crippen LogP contribution in [0.15, 0.2) is 72.8 Å². The number of carbonyl (C=O) groups excluding carboxylic acids is 3. The van der Waals surface area contributed by atoms with E-state index < -0.39 is 5.92 Å². The van der Waals surface area contributed by atoms with E-state index in [4.69, 9.17) is 9.47 Å². The van der Waals surface area contributed by atoms with Crippen LogP contribution in [0.25, 0.3) is 0 Å². The van der Waals surface area contributed by atoms with E-state index in [0.717, 1.165) is 17.7 Å². The number of rotatable bonds is 10. The largest absolute Gasteiger partial charge is 0.496 e. The Bertz CT molecular complexity index is 1240. The van der Waals surface area contributed by atoms with Crippen molar-refractivity contribution in [3.05, 3.63) is 83.9 Å². The molecular weight excluding hydrogens is 470 g/mol. The minimum absolute atomic E-state index is 0.112. The lowest BCUT2D eigenvalue weighted by molar-refractivity contribution is -0.126. The molecule has 2 N–H and O–H groups in total. The summed E-state index contributed by atoms with van der Waals surface area (Å²) in [6.45, 7) is 2.58. The zero-order valence-electron chi connectivity index (χ0n) is 21.0. The van der Waals surface area contributed by atoms with Gasteiger partial charge in [-0.2, -0.15) is 0 Å². The monoisotopic (exact) mass is 501 g/mol. The van der Waals surface area contributed by atoms with E-state index >= 15 is 0 Å². The highest BCUT2D eigenvalue weighted by Gasteiger charge is 2.35. The van der Waals surface area contributed by atoms with Crippen LogP contribution in [-0.2, 0) is 27.3 Å². The Labute approximate surface area is 216 Å². The van der Waals surface area contributed by atoms with Crippen LogP contribution in [0.2, 0.25) is 0 Å². The summed E-state index contributed by atoms with van der Waals surface area (Å²) in [6, 6.07) is 22.1. The lowest BCUT2D eigenvalue weighted by atomic mass is 10.1. The Morgan fingerprint density at radius 3 is 2.43 bits per heavy atom. The zero-order valence-corrected chi connectivity index (χ0v) is 21.0. The molecule has 1 atom stereocenters. The second kappa shape index (κ2) is 12.1. The summed E-state index contributed by atoms with van der Waals surface area (Å²) < 4.78 is 10.9. The van der Waals surface area contributed by atoms with Crippen LogP contribution in [-0.4, -0.2) is 38.0 Å². The Balaban J connectivity index is 1.26. The fourth-order valence-corrected chi connectivity index (χ4v) is 4.20. The summed E-state index contributed by atoms with van der Waals surface area (Å²) in [7, 11) is 1.59. The quantitative estimate of drug-likeness (QED) is 0.439. The van der Waals surface area contributed by atoms with Crippen molar-refractivity contribution in [2.45, 2.75) is 26.3 Å². The van der Waals surface area contributed by atoms with Crippen LogP contribution >= 0.6 is 0 Å². The molecule has 0 bridgehead atoms. The summed E-state index contributed by atoms with van der Waals surface area (Å²) in [6.07, 6.45) is 1.09. The standard InChI is InChI=1S/C29H31N3O5/c1-3-20-8-10-23(11-9-20)31-27(33)19-37-25-14-12-24(13-15-25)32-18-22(16-28(32)34)29(35)30-17-21-6-4-5-7-26(21)36-2/h4-15,22H,3,16-19H2,1-2H3,(H,30,35)(H,31,33)/t22-/m1/s1. The molecule has 0 spiro atoms. The number of ether oxygens (including phenoxy) is 2. The maximum absolute atomic E-state index is 12.7. The van der Waals surface area contributed by atoms with Crippen molar-refractivity contribution >= 4 is 29.1 Å². The van der Waals surface area contributed by atoms with Gasteiger partial charge in [-0.25, -0.2) is 0 Å². The number of nitrogens with zero attached hydrogens (tertiary/aromatic N) is 1. The number of aryl methyl sites for hydroxylation is 1. The van der Waals surface area contributed by atoms with E-state index in [2.05, 4.69) is 17.6 Å². The molecule has 1 fully saturated rings. The fraction of sp³-hybridized carbons (Fsp3) is 0.276. The molecule has 3 aromatic rings. The molecule has 3 amide bonds. The number of nitrogens with one attached hydrogen (secondary N) is 2. The molecule has 1 aliphatic heterocycles. The van der Waals surface area contributed by atoms with E-state index in [0.29, 0.717) is 30.3 Å². The van der Waals surface area contributed by atoms with Gasteiger partial charge in [-0.15, -0.1) is 0 Å². The highest BCUT2D eigenvalue weighted by molar-refractivity contribution is 6.00. The van der Waals surface area contributed by atoms with E-state index in [1.54, 1.807) is 36.3 Å². The van der Waals surface area contributed by atoms with Crippen LogP contribution in [0.3, 0.4) is 0 Å². The Kier molecular flexibility index (Phi) is 8.40. The normalized spacial score (nSPS) is 14.8. The first-order valence-corrected chi connectivity index (χ1v) is 12.3. The minimum atomic E-state index is -0.437. The Hall–Kier alpha value is -4.33. The maximum Gasteiger partial charge on any atom is 0.262 e. The van der Waals surface area contributed by atoms with Gasteiger partial charge in [0.1, 0.15) is 11.5 Å². The Morgan fingerprint density at radius 2 is 1.73 bits per heavy atom. The highest BCUT2D eigenvalue weighted by Crippen LogP contribution is 2.27. The molecule has 0 unspecified atom stereocenters. The number of amides is 3. The lowest BCUT2D eigenvalue weighted by Crippen LogP contribution is -2.32. The van der Waals surface area contributed by atoms with Gasteiger partial charge in [0.05, 0.1) is 13.0 Å². The van der Waals surface area contributed by atoms with Crippen molar-refractivity contribution in [1.82, 2.24) is 5.32 Å².